The minimum absolute atomic E-state index is 0.135. The lowest BCUT2D eigenvalue weighted by atomic mass is 9.58. The summed E-state index contributed by atoms with van der Waals surface area (Å²) in [5.41, 5.74) is 0.406. The van der Waals surface area contributed by atoms with Crippen LogP contribution in [0.25, 0.3) is 0 Å². The van der Waals surface area contributed by atoms with Gasteiger partial charge in [-0.2, -0.15) is 0 Å². The predicted octanol–water partition coefficient (Wildman–Crippen LogP) is 7.47. The summed E-state index contributed by atoms with van der Waals surface area (Å²) in [5, 5.41) is 11.1. The van der Waals surface area contributed by atoms with Gasteiger partial charge < -0.3 is 5.11 Å². The molecule has 2 unspecified atom stereocenters. The molecule has 0 heterocycles. The molecular weight excluding hydrogens is 304 g/mol. The van der Waals surface area contributed by atoms with Crippen LogP contribution >= 0.6 is 0 Å². The maximum Gasteiger partial charge on any atom is 0.0606 e. The molecule has 0 radical (unpaired) electrons. The Hall–Kier alpha value is -0.0400. The molecule has 0 spiro atoms. The molecule has 1 saturated carbocycles. The van der Waals surface area contributed by atoms with Crippen LogP contribution in [0.2, 0.25) is 0 Å². The molecule has 0 aliphatic heterocycles. The summed E-state index contributed by atoms with van der Waals surface area (Å²) in [5.74, 6) is 2.64. The van der Waals surface area contributed by atoms with Gasteiger partial charge in [0.25, 0.3) is 0 Å². The van der Waals surface area contributed by atoms with Crippen molar-refractivity contribution in [2.75, 3.05) is 0 Å². The molecule has 1 aliphatic carbocycles. The van der Waals surface area contributed by atoms with Crippen molar-refractivity contribution in [1.82, 2.24) is 0 Å². The van der Waals surface area contributed by atoms with E-state index in [1.54, 1.807) is 0 Å². The third-order valence-electron chi connectivity index (χ3n) is 6.84. The Kier molecular flexibility index (Phi) is 8.99. The van der Waals surface area contributed by atoms with Crippen molar-refractivity contribution in [1.29, 1.82) is 0 Å². The second-order valence-electron chi connectivity index (χ2n) is 11.1. The van der Waals surface area contributed by atoms with Crippen LogP contribution in [0.3, 0.4) is 0 Å². The van der Waals surface area contributed by atoms with Crippen LogP contribution < -0.4 is 0 Å². The fourth-order valence-corrected chi connectivity index (χ4v) is 5.29. The standard InChI is InChI=1S/C24H48O/c1-9-12-18(13-10-2)14-11-15-19-16-20(23(3,4)5)22(25)21(17-19)24(6,7)8/h18-22,25H,9-17H2,1-8H3. The molecule has 0 aromatic carbocycles. The zero-order chi connectivity index (χ0) is 19.3. The van der Waals surface area contributed by atoms with E-state index in [0.717, 1.165) is 11.8 Å². The van der Waals surface area contributed by atoms with Gasteiger partial charge in [-0.3, -0.25) is 0 Å². The highest BCUT2D eigenvalue weighted by atomic mass is 16.3. The summed E-state index contributed by atoms with van der Waals surface area (Å²) in [4.78, 5) is 0. The fourth-order valence-electron chi connectivity index (χ4n) is 5.29. The van der Waals surface area contributed by atoms with Gasteiger partial charge in [0.15, 0.2) is 0 Å². The number of aliphatic hydroxyl groups excluding tert-OH is 1. The van der Waals surface area contributed by atoms with E-state index in [-0.39, 0.29) is 16.9 Å². The summed E-state index contributed by atoms with van der Waals surface area (Å²) in [6.07, 6.45) is 12.0. The van der Waals surface area contributed by atoms with Gasteiger partial charge in [-0.15, -0.1) is 0 Å². The average molecular weight is 353 g/mol. The van der Waals surface area contributed by atoms with Crippen molar-refractivity contribution >= 4 is 0 Å². The summed E-state index contributed by atoms with van der Waals surface area (Å²) in [7, 11) is 0. The van der Waals surface area contributed by atoms with E-state index < -0.39 is 0 Å². The van der Waals surface area contributed by atoms with Crippen LogP contribution in [0, 0.1) is 34.5 Å². The van der Waals surface area contributed by atoms with E-state index in [1.165, 1.54) is 57.8 Å². The Labute approximate surface area is 159 Å². The number of rotatable bonds is 8. The van der Waals surface area contributed by atoms with E-state index in [2.05, 4.69) is 55.4 Å². The van der Waals surface area contributed by atoms with Gasteiger partial charge in [0.05, 0.1) is 6.10 Å². The van der Waals surface area contributed by atoms with Crippen LogP contribution in [0.4, 0.5) is 0 Å². The molecule has 2 atom stereocenters. The highest BCUT2D eigenvalue weighted by molar-refractivity contribution is 4.95. The number of hydrogen-bond acceptors (Lipinski definition) is 1. The van der Waals surface area contributed by atoms with Crippen LogP contribution in [-0.4, -0.2) is 11.2 Å². The highest BCUT2D eigenvalue weighted by Crippen LogP contribution is 2.49. The van der Waals surface area contributed by atoms with E-state index >= 15 is 0 Å². The van der Waals surface area contributed by atoms with Crippen molar-refractivity contribution in [3.63, 3.8) is 0 Å². The molecule has 1 rings (SSSR count). The van der Waals surface area contributed by atoms with Gasteiger partial charge in [-0.05, 0) is 47.3 Å². The zero-order valence-electron chi connectivity index (χ0n) is 18.7. The molecule has 1 heteroatoms. The summed E-state index contributed by atoms with van der Waals surface area (Å²) in [6.45, 7) is 18.6. The first kappa shape index (κ1) is 23.0. The van der Waals surface area contributed by atoms with E-state index in [4.69, 9.17) is 0 Å². The highest BCUT2D eigenvalue weighted by Gasteiger charge is 2.45. The van der Waals surface area contributed by atoms with Gasteiger partial charge in [0.2, 0.25) is 0 Å². The Bertz CT molecular complexity index is 329. The molecule has 25 heavy (non-hydrogen) atoms. The van der Waals surface area contributed by atoms with Crippen molar-refractivity contribution < 1.29 is 5.11 Å². The lowest BCUT2D eigenvalue weighted by Crippen LogP contribution is -2.47. The van der Waals surface area contributed by atoms with Crippen LogP contribution in [0.15, 0.2) is 0 Å². The van der Waals surface area contributed by atoms with E-state index in [0.29, 0.717) is 11.8 Å². The number of aliphatic hydroxyl groups is 1. The molecule has 1 aliphatic rings. The Morgan fingerprint density at radius 2 is 1.24 bits per heavy atom. The molecule has 1 fully saturated rings. The van der Waals surface area contributed by atoms with E-state index in [9.17, 15) is 5.11 Å². The normalized spacial score (nSPS) is 28.6. The van der Waals surface area contributed by atoms with Gasteiger partial charge in [-0.25, -0.2) is 0 Å². The molecule has 0 amide bonds. The van der Waals surface area contributed by atoms with Crippen molar-refractivity contribution in [2.45, 2.75) is 119 Å². The second kappa shape index (κ2) is 9.77. The first-order valence-electron chi connectivity index (χ1n) is 11.2. The molecule has 0 saturated heterocycles. The molecule has 1 N–H and O–H groups in total. The molecule has 1 nitrogen and oxygen atoms in total. The quantitative estimate of drug-likeness (QED) is 0.480. The van der Waals surface area contributed by atoms with Crippen molar-refractivity contribution in [2.24, 2.45) is 34.5 Å². The van der Waals surface area contributed by atoms with Crippen LogP contribution in [-0.2, 0) is 0 Å². The maximum atomic E-state index is 11.1. The monoisotopic (exact) mass is 352 g/mol. The lowest BCUT2D eigenvalue weighted by molar-refractivity contribution is -0.0848. The Morgan fingerprint density at radius 3 is 1.60 bits per heavy atom. The third kappa shape index (κ3) is 7.24. The minimum atomic E-state index is -0.135. The van der Waals surface area contributed by atoms with Crippen LogP contribution in [0.5, 0.6) is 0 Å². The summed E-state index contributed by atoms with van der Waals surface area (Å²) in [6, 6.07) is 0. The molecule has 0 bridgehead atoms. The number of hydrogen-bond donors (Lipinski definition) is 1. The molecule has 0 aromatic rings. The lowest BCUT2D eigenvalue weighted by Gasteiger charge is -2.49. The summed E-state index contributed by atoms with van der Waals surface area (Å²) >= 11 is 0. The molecular formula is C24H48O. The van der Waals surface area contributed by atoms with E-state index in [1.807, 2.05) is 0 Å². The smallest absolute Gasteiger partial charge is 0.0606 e. The fraction of sp³-hybridized carbons (Fsp3) is 1.00. The van der Waals surface area contributed by atoms with Crippen molar-refractivity contribution in [3.05, 3.63) is 0 Å². The minimum Gasteiger partial charge on any atom is -0.393 e. The van der Waals surface area contributed by atoms with Gasteiger partial charge in [0, 0.05) is 0 Å². The zero-order valence-corrected chi connectivity index (χ0v) is 18.7. The maximum absolute atomic E-state index is 11.1. The van der Waals surface area contributed by atoms with Gasteiger partial charge >= 0.3 is 0 Å². The molecule has 0 aromatic heterocycles. The second-order valence-corrected chi connectivity index (χ2v) is 11.1. The topological polar surface area (TPSA) is 20.2 Å². The van der Waals surface area contributed by atoms with Crippen LogP contribution in [0.1, 0.15) is 113 Å². The van der Waals surface area contributed by atoms with Gasteiger partial charge in [0.1, 0.15) is 0 Å². The first-order valence-corrected chi connectivity index (χ1v) is 11.2. The van der Waals surface area contributed by atoms with Crippen molar-refractivity contribution in [3.8, 4) is 0 Å². The third-order valence-corrected chi connectivity index (χ3v) is 6.84. The van der Waals surface area contributed by atoms with Gasteiger partial charge in [-0.1, -0.05) is 100 Å². The predicted molar refractivity (Wildman–Crippen MR) is 112 cm³/mol. The molecule has 150 valence electrons. The Morgan fingerprint density at radius 1 is 0.800 bits per heavy atom. The first-order chi connectivity index (χ1) is 11.5. The summed E-state index contributed by atoms with van der Waals surface area (Å²) < 4.78 is 0. The SMILES string of the molecule is CCCC(CCC)CCCC1CC(C(C)(C)C)C(O)C(C(C)(C)C)C1. The largest absolute Gasteiger partial charge is 0.393 e. The average Bonchev–Trinajstić information content (AvgIpc) is 2.46. The Balaban J connectivity index is 2.69.